The summed E-state index contributed by atoms with van der Waals surface area (Å²) in [6.45, 7) is 0. The third-order valence-corrected chi connectivity index (χ3v) is 6.13. The molecule has 0 amide bonds. The maximum Gasteiger partial charge on any atom is 0.146 e. The van der Waals surface area contributed by atoms with Gasteiger partial charge in [-0.2, -0.15) is 0 Å². The Kier molecular flexibility index (Phi) is 4.75. The number of halogens is 2. The summed E-state index contributed by atoms with van der Waals surface area (Å²) < 4.78 is 16.5. The first kappa shape index (κ1) is 19.7. The van der Waals surface area contributed by atoms with Crippen molar-refractivity contribution in [1.82, 2.24) is 19.5 Å². The number of anilines is 2. The summed E-state index contributed by atoms with van der Waals surface area (Å²) in [6.07, 6.45) is 6.54. The molecule has 0 fully saturated rings. The van der Waals surface area contributed by atoms with E-state index in [2.05, 4.69) is 21.0 Å². The number of hydrogen-bond donors (Lipinski definition) is 3. The van der Waals surface area contributed by atoms with Crippen LogP contribution in [-0.4, -0.2) is 30.7 Å². The number of nitrogen functional groups attached to an aromatic ring is 2. The van der Waals surface area contributed by atoms with Gasteiger partial charge in [0.15, 0.2) is 0 Å². The van der Waals surface area contributed by atoms with Gasteiger partial charge < -0.3 is 21.1 Å². The Morgan fingerprint density at radius 2 is 1.97 bits per heavy atom. The van der Waals surface area contributed by atoms with Crippen LogP contribution in [0.15, 0.2) is 48.4 Å². The number of aryl methyl sites for hydroxylation is 1. The van der Waals surface area contributed by atoms with Gasteiger partial charge in [0.2, 0.25) is 0 Å². The molecule has 0 radical (unpaired) electrons. The molecule has 0 spiro atoms. The van der Waals surface area contributed by atoms with Gasteiger partial charge in [-0.1, -0.05) is 17.7 Å². The Morgan fingerprint density at radius 3 is 2.81 bits per heavy atom. The van der Waals surface area contributed by atoms with Crippen molar-refractivity contribution in [3.05, 3.63) is 64.8 Å². The molecule has 9 heteroatoms. The lowest BCUT2D eigenvalue weighted by Crippen LogP contribution is -2.10. The fourth-order valence-electron chi connectivity index (χ4n) is 4.22. The van der Waals surface area contributed by atoms with E-state index >= 15 is 0 Å². The molecule has 0 saturated carbocycles. The first-order chi connectivity index (χ1) is 14.9. The third kappa shape index (κ3) is 3.47. The predicted molar refractivity (Wildman–Crippen MR) is 119 cm³/mol. The minimum absolute atomic E-state index is 0.0336. The Morgan fingerprint density at radius 1 is 1.13 bits per heavy atom. The molecule has 0 saturated heterocycles. The van der Waals surface area contributed by atoms with Crippen LogP contribution >= 0.6 is 11.6 Å². The molecule has 0 bridgehead atoms. The average Bonchev–Trinajstić information content (AvgIpc) is 3.32. The number of benzene rings is 1. The summed E-state index contributed by atoms with van der Waals surface area (Å²) >= 11 is 5.96. The van der Waals surface area contributed by atoms with E-state index < -0.39 is 11.9 Å². The van der Waals surface area contributed by atoms with Gasteiger partial charge in [0, 0.05) is 18.0 Å². The molecule has 2 atom stereocenters. The normalized spacial score (nSPS) is 18.7. The van der Waals surface area contributed by atoms with Gasteiger partial charge in [0.05, 0.1) is 28.1 Å². The summed E-state index contributed by atoms with van der Waals surface area (Å²) in [5, 5.41) is 12.0. The van der Waals surface area contributed by atoms with E-state index in [1.54, 1.807) is 0 Å². The van der Waals surface area contributed by atoms with Gasteiger partial charge in [-0.3, -0.25) is 0 Å². The summed E-state index contributed by atoms with van der Waals surface area (Å²) in [5.74, 6) is 0.211. The smallest absolute Gasteiger partial charge is 0.146 e. The van der Waals surface area contributed by atoms with Crippen LogP contribution in [0.3, 0.4) is 0 Å². The van der Waals surface area contributed by atoms with Crippen LogP contribution in [0.5, 0.6) is 0 Å². The van der Waals surface area contributed by atoms with E-state index in [0.29, 0.717) is 36.0 Å². The van der Waals surface area contributed by atoms with E-state index in [0.717, 1.165) is 22.2 Å². The number of nitrogens with two attached hydrogens (primary N) is 2. The zero-order valence-electron chi connectivity index (χ0n) is 16.5. The van der Waals surface area contributed by atoms with Gasteiger partial charge in [-0.25, -0.2) is 19.3 Å². The van der Waals surface area contributed by atoms with Crippen LogP contribution in [-0.2, 0) is 6.42 Å². The predicted octanol–water partition coefficient (Wildman–Crippen LogP) is 3.80. The number of aliphatic hydroxyl groups is 1. The first-order valence-electron chi connectivity index (χ1n) is 9.90. The highest BCUT2D eigenvalue weighted by atomic mass is 35.5. The fourth-order valence-corrected chi connectivity index (χ4v) is 4.37. The molecule has 0 unspecified atom stereocenters. The zero-order valence-corrected chi connectivity index (χ0v) is 17.2. The fraction of sp³-hybridized carbons (Fsp3) is 0.227. The van der Waals surface area contributed by atoms with Crippen molar-refractivity contribution in [3.63, 3.8) is 0 Å². The largest absolute Gasteiger partial charge is 0.389 e. The van der Waals surface area contributed by atoms with Gasteiger partial charge in [-0.15, -0.1) is 0 Å². The second kappa shape index (κ2) is 7.47. The summed E-state index contributed by atoms with van der Waals surface area (Å²) in [6, 6.07) is 6.63. The number of nitrogens with zero attached hydrogens (tertiary/aromatic N) is 4. The second-order valence-corrected chi connectivity index (χ2v) is 8.19. The van der Waals surface area contributed by atoms with Crippen LogP contribution in [0.25, 0.3) is 21.9 Å². The van der Waals surface area contributed by atoms with E-state index in [-0.39, 0.29) is 16.9 Å². The lowest BCUT2D eigenvalue weighted by Gasteiger charge is -2.12. The Bertz CT molecular complexity index is 1350. The lowest BCUT2D eigenvalue weighted by atomic mass is 10.0. The molecule has 0 aliphatic heterocycles. The van der Waals surface area contributed by atoms with Gasteiger partial charge in [0.1, 0.15) is 29.4 Å². The molecule has 31 heavy (non-hydrogen) atoms. The van der Waals surface area contributed by atoms with Crippen LogP contribution in [0.4, 0.5) is 16.0 Å². The Hall–Kier alpha value is -3.23. The molecule has 3 aromatic heterocycles. The molecule has 4 aromatic rings. The summed E-state index contributed by atoms with van der Waals surface area (Å²) in [5.41, 5.74) is 14.6. The van der Waals surface area contributed by atoms with Gasteiger partial charge in [0.25, 0.3) is 0 Å². The minimum Gasteiger partial charge on any atom is -0.389 e. The van der Waals surface area contributed by atoms with Crippen molar-refractivity contribution in [3.8, 4) is 0 Å². The van der Waals surface area contributed by atoms with Crippen molar-refractivity contribution in [2.24, 2.45) is 0 Å². The van der Waals surface area contributed by atoms with E-state index in [1.165, 1.54) is 18.5 Å². The van der Waals surface area contributed by atoms with Crippen LogP contribution in [0, 0.1) is 5.82 Å². The number of aliphatic hydroxyl groups excluding tert-OH is 1. The van der Waals surface area contributed by atoms with Gasteiger partial charge >= 0.3 is 0 Å². The Balaban J connectivity index is 1.39. The molecule has 5 N–H and O–H groups in total. The minimum atomic E-state index is -0.570. The standard InChI is InChI=1S/C22H20ClFN6O/c23-16-9-15-17(24)5-11(6-18(15)29-21(16)26)1-2-12-7-13(8-19(12)31)30-4-3-14-20(25)27-10-28-22(14)30/h3-7,9-10,13,19,31H,1-2,8H2,(H2,26,29)(H2,25,27,28)/t13-,19+/m1/s1. The third-order valence-electron chi connectivity index (χ3n) is 5.82. The van der Waals surface area contributed by atoms with E-state index in [1.807, 2.05) is 22.9 Å². The highest BCUT2D eigenvalue weighted by molar-refractivity contribution is 6.33. The van der Waals surface area contributed by atoms with Crippen LogP contribution in [0.1, 0.15) is 24.4 Å². The highest BCUT2D eigenvalue weighted by Gasteiger charge is 2.26. The van der Waals surface area contributed by atoms with Crippen LogP contribution in [0.2, 0.25) is 5.02 Å². The molecule has 1 aliphatic carbocycles. The lowest BCUT2D eigenvalue weighted by molar-refractivity contribution is 0.197. The first-order valence-corrected chi connectivity index (χ1v) is 10.3. The van der Waals surface area contributed by atoms with Crippen molar-refractivity contribution in [1.29, 1.82) is 0 Å². The summed E-state index contributed by atoms with van der Waals surface area (Å²) in [4.78, 5) is 12.5. The van der Waals surface area contributed by atoms with E-state index in [9.17, 15) is 9.50 Å². The second-order valence-electron chi connectivity index (χ2n) is 7.78. The van der Waals surface area contributed by atoms with Crippen molar-refractivity contribution < 1.29 is 9.50 Å². The number of hydrogen-bond acceptors (Lipinski definition) is 6. The monoisotopic (exact) mass is 438 g/mol. The number of rotatable bonds is 4. The van der Waals surface area contributed by atoms with Crippen molar-refractivity contribution >= 4 is 45.2 Å². The van der Waals surface area contributed by atoms with E-state index in [4.69, 9.17) is 23.1 Å². The number of allylic oxidation sites excluding steroid dienone is 1. The number of aromatic nitrogens is 4. The van der Waals surface area contributed by atoms with Gasteiger partial charge in [-0.05, 0) is 48.2 Å². The molecule has 1 aliphatic rings. The maximum absolute atomic E-state index is 14.5. The average molecular weight is 439 g/mol. The number of fused-ring (bicyclic) bond motifs is 2. The molecular weight excluding hydrogens is 419 g/mol. The van der Waals surface area contributed by atoms with Crippen molar-refractivity contribution in [2.75, 3.05) is 11.5 Å². The maximum atomic E-state index is 14.5. The van der Waals surface area contributed by atoms with Crippen LogP contribution < -0.4 is 11.5 Å². The molecule has 7 nitrogen and oxygen atoms in total. The molecular formula is C22H20ClFN6O. The topological polar surface area (TPSA) is 116 Å². The Labute approximate surface area is 182 Å². The molecule has 3 heterocycles. The van der Waals surface area contributed by atoms with Crippen molar-refractivity contribution in [2.45, 2.75) is 31.4 Å². The SMILES string of the molecule is Nc1nc2cc(CCC3=C[C@@H](n4ccc5c(N)ncnc54)C[C@@H]3O)cc(F)c2cc1Cl. The number of pyridine rings is 1. The molecule has 158 valence electrons. The summed E-state index contributed by atoms with van der Waals surface area (Å²) in [7, 11) is 0. The zero-order chi connectivity index (χ0) is 21.7. The highest BCUT2D eigenvalue weighted by Crippen LogP contribution is 2.34. The quantitative estimate of drug-likeness (QED) is 0.417. The molecule has 1 aromatic carbocycles. The molecule has 5 rings (SSSR count).